The molecule has 2 aliphatic carbocycles. The van der Waals surface area contributed by atoms with Crippen molar-refractivity contribution in [3.8, 4) is 0 Å². The summed E-state index contributed by atoms with van der Waals surface area (Å²) in [6, 6.07) is 0. The average Bonchev–Trinajstić information content (AvgIpc) is 2.96. The summed E-state index contributed by atoms with van der Waals surface area (Å²) in [5.41, 5.74) is 0. The molecule has 2 aliphatic rings. The van der Waals surface area contributed by atoms with Crippen molar-refractivity contribution < 1.29 is 44.6 Å². The van der Waals surface area contributed by atoms with Gasteiger partial charge in [0.25, 0.3) is 6.36 Å². The van der Waals surface area contributed by atoms with E-state index in [9.17, 15) is 35.1 Å². The molecular weight excluding hydrogens is 328 g/mol. The van der Waals surface area contributed by atoms with E-state index in [2.05, 4.69) is 9.47 Å². The molecule has 10 heteroatoms. The molecule has 4 atom stereocenters. The van der Waals surface area contributed by atoms with Gasteiger partial charge in [0.05, 0.1) is 6.61 Å². The first-order chi connectivity index (χ1) is 9.92. The Hall–Kier alpha value is -0.900. The van der Waals surface area contributed by atoms with Crippen LogP contribution in [0.1, 0.15) is 12.8 Å². The molecular formula is C12H12F8O2. The third-order valence-electron chi connectivity index (χ3n) is 3.75. The van der Waals surface area contributed by atoms with Crippen molar-refractivity contribution in [1.29, 1.82) is 0 Å². The molecule has 0 aliphatic heterocycles. The van der Waals surface area contributed by atoms with Crippen LogP contribution in [0, 0.1) is 17.8 Å². The molecule has 128 valence electrons. The van der Waals surface area contributed by atoms with E-state index < -0.39 is 31.4 Å². The van der Waals surface area contributed by atoms with Crippen LogP contribution in [0.2, 0.25) is 0 Å². The lowest BCUT2D eigenvalue weighted by atomic mass is 9.95. The number of allylic oxidation sites excluding steroid dienone is 2. The van der Waals surface area contributed by atoms with Gasteiger partial charge in [-0.1, -0.05) is 12.2 Å². The molecule has 0 heterocycles. The molecule has 0 aromatic heterocycles. The van der Waals surface area contributed by atoms with Gasteiger partial charge in [0.15, 0.2) is 0 Å². The Bertz CT molecular complexity index is 433. The van der Waals surface area contributed by atoms with Gasteiger partial charge in [0.1, 0.15) is 0 Å². The van der Waals surface area contributed by atoms with Crippen molar-refractivity contribution in [2.45, 2.75) is 37.6 Å². The molecule has 0 aromatic carbocycles. The van der Waals surface area contributed by atoms with Gasteiger partial charge in [-0.2, -0.15) is 30.7 Å². The predicted molar refractivity (Wildman–Crippen MR) is 56.7 cm³/mol. The number of rotatable bonds is 6. The largest absolute Gasteiger partial charge is 0.483 e. The van der Waals surface area contributed by atoms with Crippen LogP contribution in [-0.2, 0) is 9.47 Å². The maximum atomic E-state index is 13.2. The minimum absolute atomic E-state index is 0.0311. The monoisotopic (exact) mass is 340 g/mol. The number of hydrogen-bond donors (Lipinski definition) is 0. The van der Waals surface area contributed by atoms with Crippen LogP contribution in [0.15, 0.2) is 12.2 Å². The third kappa shape index (κ3) is 3.53. The molecule has 0 saturated heterocycles. The van der Waals surface area contributed by atoms with E-state index in [0.717, 1.165) is 6.42 Å². The van der Waals surface area contributed by atoms with Crippen molar-refractivity contribution in [1.82, 2.24) is 0 Å². The number of ether oxygens (including phenoxy) is 2. The maximum absolute atomic E-state index is 13.2. The Morgan fingerprint density at radius 3 is 2.09 bits per heavy atom. The first kappa shape index (κ1) is 17.5. The van der Waals surface area contributed by atoms with Crippen molar-refractivity contribution in [2.24, 2.45) is 17.8 Å². The molecule has 0 N–H and O–H groups in total. The van der Waals surface area contributed by atoms with Crippen molar-refractivity contribution in [2.75, 3.05) is 6.61 Å². The normalized spacial score (nSPS) is 30.1. The van der Waals surface area contributed by atoms with Crippen LogP contribution >= 0.6 is 0 Å². The Labute approximate surface area is 120 Å². The van der Waals surface area contributed by atoms with Gasteiger partial charge in [0.2, 0.25) is 0 Å². The highest BCUT2D eigenvalue weighted by atomic mass is 19.4. The SMILES string of the molecule is FC(OC(F)(F)C(F)(F)F)C(F)(F)OCC1CC2C=CC1C2. The highest BCUT2D eigenvalue weighted by Crippen LogP contribution is 2.45. The van der Waals surface area contributed by atoms with Crippen molar-refractivity contribution in [3.63, 3.8) is 0 Å². The quantitative estimate of drug-likeness (QED) is 0.531. The van der Waals surface area contributed by atoms with Crippen LogP contribution in [0.5, 0.6) is 0 Å². The minimum Gasteiger partial charge on any atom is -0.316 e. The molecule has 0 amide bonds. The van der Waals surface area contributed by atoms with Gasteiger partial charge >= 0.3 is 18.4 Å². The number of halogens is 8. The van der Waals surface area contributed by atoms with Crippen LogP contribution in [-0.4, -0.2) is 31.4 Å². The molecule has 4 unspecified atom stereocenters. The Morgan fingerprint density at radius 2 is 1.64 bits per heavy atom. The fourth-order valence-corrected chi connectivity index (χ4v) is 2.64. The van der Waals surface area contributed by atoms with Crippen LogP contribution < -0.4 is 0 Å². The smallest absolute Gasteiger partial charge is 0.316 e. The second kappa shape index (κ2) is 5.63. The van der Waals surface area contributed by atoms with E-state index in [0.29, 0.717) is 6.42 Å². The van der Waals surface area contributed by atoms with Crippen LogP contribution in [0.4, 0.5) is 35.1 Å². The second-order valence-electron chi connectivity index (χ2n) is 5.36. The fourth-order valence-electron chi connectivity index (χ4n) is 2.64. The van der Waals surface area contributed by atoms with Gasteiger partial charge in [-0.15, -0.1) is 0 Å². The van der Waals surface area contributed by atoms with Gasteiger partial charge in [-0.3, -0.25) is 4.74 Å². The van der Waals surface area contributed by atoms with Gasteiger partial charge in [0, 0.05) is 0 Å². The number of hydrogen-bond acceptors (Lipinski definition) is 2. The zero-order valence-electron chi connectivity index (χ0n) is 10.9. The summed E-state index contributed by atoms with van der Waals surface area (Å²) in [5, 5.41) is 0. The van der Waals surface area contributed by atoms with Crippen LogP contribution in [0.25, 0.3) is 0 Å². The minimum atomic E-state index is -6.30. The lowest BCUT2D eigenvalue weighted by molar-refractivity contribution is -0.450. The van der Waals surface area contributed by atoms with E-state index in [1.54, 1.807) is 6.08 Å². The Morgan fingerprint density at radius 1 is 1.00 bits per heavy atom. The zero-order chi connectivity index (χ0) is 16.8. The number of alkyl halides is 8. The highest BCUT2D eigenvalue weighted by Gasteiger charge is 2.63. The fraction of sp³-hybridized carbons (Fsp3) is 0.833. The number of fused-ring (bicyclic) bond motifs is 2. The lowest BCUT2D eigenvalue weighted by Gasteiger charge is -2.27. The predicted octanol–water partition coefficient (Wildman–Crippen LogP) is 4.28. The van der Waals surface area contributed by atoms with E-state index in [1.807, 2.05) is 6.08 Å². The summed E-state index contributed by atoms with van der Waals surface area (Å²) in [7, 11) is 0. The first-order valence-corrected chi connectivity index (χ1v) is 6.39. The molecule has 0 radical (unpaired) electrons. The summed E-state index contributed by atoms with van der Waals surface area (Å²) >= 11 is 0. The van der Waals surface area contributed by atoms with Crippen LogP contribution in [0.3, 0.4) is 0 Å². The topological polar surface area (TPSA) is 18.5 Å². The summed E-state index contributed by atoms with van der Waals surface area (Å²) in [4.78, 5) is 0. The molecule has 2 rings (SSSR count). The van der Waals surface area contributed by atoms with E-state index >= 15 is 0 Å². The standard InChI is InChI=1S/C12H12F8O2/c13-9(22-12(19,20)11(16,17)18)10(14,15)21-5-8-4-6-1-2-7(8)3-6/h1-2,6-9H,3-5H2. The summed E-state index contributed by atoms with van der Waals surface area (Å²) in [6.07, 6.45) is -16.5. The van der Waals surface area contributed by atoms with E-state index in [1.165, 1.54) is 0 Å². The van der Waals surface area contributed by atoms with E-state index in [4.69, 9.17) is 0 Å². The zero-order valence-corrected chi connectivity index (χ0v) is 10.9. The Balaban J connectivity index is 1.88. The lowest BCUT2D eigenvalue weighted by Crippen LogP contribution is -2.47. The third-order valence-corrected chi connectivity index (χ3v) is 3.75. The molecule has 1 saturated carbocycles. The van der Waals surface area contributed by atoms with Gasteiger partial charge in [-0.05, 0) is 30.6 Å². The molecule has 2 nitrogen and oxygen atoms in total. The molecule has 1 fully saturated rings. The molecule has 0 aromatic rings. The maximum Gasteiger partial charge on any atom is 0.483 e. The van der Waals surface area contributed by atoms with Gasteiger partial charge < -0.3 is 4.74 Å². The molecule has 2 bridgehead atoms. The Kier molecular flexibility index (Phi) is 4.46. The van der Waals surface area contributed by atoms with Gasteiger partial charge in [-0.25, -0.2) is 4.39 Å². The average molecular weight is 340 g/mol. The van der Waals surface area contributed by atoms with E-state index in [-0.39, 0.29) is 17.8 Å². The summed E-state index contributed by atoms with van der Waals surface area (Å²) in [5.74, 6) is -0.174. The highest BCUT2D eigenvalue weighted by molar-refractivity contribution is 5.10. The summed E-state index contributed by atoms with van der Waals surface area (Å²) in [6.45, 7) is -0.653. The first-order valence-electron chi connectivity index (χ1n) is 6.39. The second-order valence-corrected chi connectivity index (χ2v) is 5.36. The van der Waals surface area contributed by atoms with Crippen molar-refractivity contribution in [3.05, 3.63) is 12.2 Å². The summed E-state index contributed by atoms with van der Waals surface area (Å²) < 4.78 is 106. The molecule has 22 heavy (non-hydrogen) atoms. The van der Waals surface area contributed by atoms with Crippen molar-refractivity contribution >= 4 is 0 Å². The molecule has 0 spiro atoms.